The van der Waals surface area contributed by atoms with Gasteiger partial charge in [-0.1, -0.05) is 71.5 Å². The van der Waals surface area contributed by atoms with Crippen LogP contribution in [-0.2, 0) is 13.0 Å². The number of hydrogen-bond donors (Lipinski definition) is 1. The molecule has 0 saturated carbocycles. The number of rotatable bonds is 8. The van der Waals surface area contributed by atoms with E-state index in [9.17, 15) is 9.90 Å². The Balaban J connectivity index is 1.61. The predicted octanol–water partition coefficient (Wildman–Crippen LogP) is 4.79. The smallest absolute Gasteiger partial charge is 0.266 e. The molecule has 4 aromatic rings. The van der Waals surface area contributed by atoms with E-state index in [4.69, 9.17) is 10.1 Å². The fraction of sp³-hybridized carbons (Fsp3) is 0.296. The molecule has 2 aromatic heterocycles. The molecule has 176 valence electrons. The van der Waals surface area contributed by atoms with Crippen molar-refractivity contribution in [2.24, 2.45) is 0 Å². The summed E-state index contributed by atoms with van der Waals surface area (Å²) in [5.41, 5.74) is 7.34. The molecule has 0 fully saturated rings. The first kappa shape index (κ1) is 23.9. The van der Waals surface area contributed by atoms with E-state index in [1.54, 1.807) is 4.90 Å². The van der Waals surface area contributed by atoms with Gasteiger partial charge in [0.25, 0.3) is 5.91 Å². The van der Waals surface area contributed by atoms with Crippen molar-refractivity contribution in [2.75, 3.05) is 13.2 Å². The Bertz CT molecular complexity index is 1280. The number of aliphatic hydroxyl groups is 1. The minimum atomic E-state index is -0.124. The van der Waals surface area contributed by atoms with Crippen LogP contribution in [0.4, 0.5) is 0 Å². The first-order valence-corrected chi connectivity index (χ1v) is 12.2. The third-order valence-corrected chi connectivity index (χ3v) is 7.10. The maximum absolute atomic E-state index is 13.4. The van der Waals surface area contributed by atoms with Crippen LogP contribution in [0.3, 0.4) is 0 Å². The molecule has 7 heteroatoms. The fourth-order valence-electron chi connectivity index (χ4n) is 4.02. The van der Waals surface area contributed by atoms with Crippen LogP contribution in [-0.4, -0.2) is 43.8 Å². The number of nitrogens with zero attached hydrogens (tertiary/aromatic N) is 4. The third kappa shape index (κ3) is 5.11. The van der Waals surface area contributed by atoms with E-state index >= 15 is 0 Å². The van der Waals surface area contributed by atoms with E-state index in [1.165, 1.54) is 28.0 Å². The highest BCUT2D eigenvalue weighted by atomic mass is 32.1. The lowest BCUT2D eigenvalue weighted by molar-refractivity contribution is 0.0711. The third-order valence-electron chi connectivity index (χ3n) is 5.98. The zero-order chi connectivity index (χ0) is 24.2. The summed E-state index contributed by atoms with van der Waals surface area (Å²) in [6.45, 7) is 8.62. The maximum atomic E-state index is 13.4. The lowest BCUT2D eigenvalue weighted by Gasteiger charge is -2.21. The largest absolute Gasteiger partial charge is 0.395 e. The number of aliphatic hydroxyl groups excluding tert-OH is 1. The van der Waals surface area contributed by atoms with Crippen molar-refractivity contribution in [1.82, 2.24) is 19.7 Å². The molecule has 2 aromatic carbocycles. The normalized spacial score (nSPS) is 11.1. The summed E-state index contributed by atoms with van der Waals surface area (Å²) in [4.78, 5) is 20.3. The molecule has 0 atom stereocenters. The van der Waals surface area contributed by atoms with Gasteiger partial charge in [0.1, 0.15) is 4.88 Å². The van der Waals surface area contributed by atoms with Crippen molar-refractivity contribution >= 4 is 17.2 Å². The topological polar surface area (TPSA) is 71.2 Å². The van der Waals surface area contributed by atoms with Gasteiger partial charge in [0, 0.05) is 30.8 Å². The molecule has 0 spiro atoms. The van der Waals surface area contributed by atoms with E-state index in [0.29, 0.717) is 22.2 Å². The second-order valence-electron chi connectivity index (χ2n) is 8.57. The Morgan fingerprint density at radius 3 is 2.35 bits per heavy atom. The molecular formula is C27H30N4O2S. The van der Waals surface area contributed by atoms with Gasteiger partial charge in [-0.05, 0) is 38.8 Å². The van der Waals surface area contributed by atoms with Gasteiger partial charge in [0.2, 0.25) is 5.13 Å². The van der Waals surface area contributed by atoms with Crippen molar-refractivity contribution in [1.29, 1.82) is 0 Å². The van der Waals surface area contributed by atoms with Gasteiger partial charge in [-0.25, -0.2) is 9.67 Å². The zero-order valence-corrected chi connectivity index (χ0v) is 20.9. The fourth-order valence-corrected chi connectivity index (χ4v) is 5.06. The first-order valence-electron chi connectivity index (χ1n) is 11.4. The summed E-state index contributed by atoms with van der Waals surface area (Å²) in [6, 6.07) is 18.4. The van der Waals surface area contributed by atoms with E-state index in [-0.39, 0.29) is 19.1 Å². The summed E-state index contributed by atoms with van der Waals surface area (Å²) in [5, 5.41) is 15.0. The first-order chi connectivity index (χ1) is 16.4. The molecule has 0 aliphatic rings. The summed E-state index contributed by atoms with van der Waals surface area (Å²) in [5.74, 6) is -0.124. The summed E-state index contributed by atoms with van der Waals surface area (Å²) >= 11 is 1.35. The van der Waals surface area contributed by atoms with E-state index in [1.807, 2.05) is 48.9 Å². The summed E-state index contributed by atoms with van der Waals surface area (Å²) in [6.07, 6.45) is 0.801. The van der Waals surface area contributed by atoms with Gasteiger partial charge in [0.05, 0.1) is 18.0 Å². The van der Waals surface area contributed by atoms with E-state index in [2.05, 4.69) is 38.1 Å². The van der Waals surface area contributed by atoms with Crippen LogP contribution >= 0.6 is 11.3 Å². The lowest BCUT2D eigenvalue weighted by Crippen LogP contribution is -2.33. The van der Waals surface area contributed by atoms with Crippen LogP contribution in [0, 0.1) is 27.7 Å². The standard InChI is InChI=1S/C27H30N4O2S/c1-18-10-12-22(13-11-18)16-24-19(2)29-31(21(24)4)27-28-20(3)25(34-27)26(33)30(14-15-32)17-23-8-6-5-7-9-23/h5-13,32H,14-17H2,1-4H3. The molecule has 2 heterocycles. The lowest BCUT2D eigenvalue weighted by atomic mass is 10.0. The zero-order valence-electron chi connectivity index (χ0n) is 20.1. The molecule has 0 unspecified atom stereocenters. The van der Waals surface area contributed by atoms with Crippen molar-refractivity contribution in [2.45, 2.75) is 40.7 Å². The molecule has 6 nitrogen and oxygen atoms in total. The Morgan fingerprint density at radius 2 is 1.68 bits per heavy atom. The van der Waals surface area contributed by atoms with Gasteiger partial charge in [0.15, 0.2) is 0 Å². The highest BCUT2D eigenvalue weighted by molar-refractivity contribution is 7.16. The molecule has 1 N–H and O–H groups in total. The van der Waals surface area contributed by atoms with Crippen molar-refractivity contribution in [3.63, 3.8) is 0 Å². The molecule has 0 bridgehead atoms. The average molecular weight is 475 g/mol. The minimum absolute atomic E-state index is 0.0941. The Morgan fingerprint density at radius 1 is 0.971 bits per heavy atom. The number of hydrogen-bond acceptors (Lipinski definition) is 5. The highest BCUT2D eigenvalue weighted by Crippen LogP contribution is 2.27. The monoisotopic (exact) mass is 474 g/mol. The van der Waals surface area contributed by atoms with Crippen molar-refractivity contribution in [3.05, 3.63) is 98.8 Å². The van der Waals surface area contributed by atoms with Gasteiger partial charge in [-0.3, -0.25) is 4.79 Å². The molecule has 34 heavy (non-hydrogen) atoms. The second-order valence-corrected chi connectivity index (χ2v) is 9.55. The van der Waals surface area contributed by atoms with Crippen LogP contribution in [0.25, 0.3) is 5.13 Å². The Kier molecular flexibility index (Phi) is 7.24. The van der Waals surface area contributed by atoms with Crippen LogP contribution in [0.15, 0.2) is 54.6 Å². The molecule has 0 aliphatic carbocycles. The van der Waals surface area contributed by atoms with E-state index < -0.39 is 0 Å². The Labute approximate surface area is 204 Å². The van der Waals surface area contributed by atoms with Crippen molar-refractivity contribution in [3.8, 4) is 5.13 Å². The quantitative estimate of drug-likeness (QED) is 0.399. The summed E-state index contributed by atoms with van der Waals surface area (Å²) in [7, 11) is 0. The number of carbonyl (C=O) groups is 1. The molecule has 1 amide bonds. The van der Waals surface area contributed by atoms with Crippen LogP contribution < -0.4 is 0 Å². The highest BCUT2D eigenvalue weighted by Gasteiger charge is 2.24. The van der Waals surface area contributed by atoms with Crippen molar-refractivity contribution < 1.29 is 9.90 Å². The van der Waals surface area contributed by atoms with Crippen LogP contribution in [0.1, 0.15) is 49.0 Å². The van der Waals surface area contributed by atoms with Crippen LogP contribution in [0.5, 0.6) is 0 Å². The second kappa shape index (κ2) is 10.3. The van der Waals surface area contributed by atoms with Gasteiger partial charge >= 0.3 is 0 Å². The molecule has 0 saturated heterocycles. The SMILES string of the molecule is Cc1ccc(Cc2c(C)nn(-c3nc(C)c(C(=O)N(CCO)Cc4ccccc4)s3)c2C)cc1. The molecule has 0 radical (unpaired) electrons. The van der Waals surface area contributed by atoms with Gasteiger partial charge in [-0.15, -0.1) is 0 Å². The molecule has 0 aliphatic heterocycles. The molecular weight excluding hydrogens is 444 g/mol. The van der Waals surface area contributed by atoms with Gasteiger partial charge in [-0.2, -0.15) is 5.10 Å². The van der Waals surface area contributed by atoms with Gasteiger partial charge < -0.3 is 10.0 Å². The summed E-state index contributed by atoms with van der Waals surface area (Å²) < 4.78 is 1.85. The number of thiazole rings is 1. The number of aromatic nitrogens is 3. The number of amides is 1. The maximum Gasteiger partial charge on any atom is 0.266 e. The number of carbonyl (C=O) groups excluding carboxylic acids is 1. The number of aryl methyl sites for hydroxylation is 3. The number of benzene rings is 2. The molecule has 4 rings (SSSR count). The average Bonchev–Trinajstić information content (AvgIpc) is 3.35. The predicted molar refractivity (Wildman–Crippen MR) is 136 cm³/mol. The van der Waals surface area contributed by atoms with E-state index in [0.717, 1.165) is 23.4 Å². The Hall–Kier alpha value is -3.29. The van der Waals surface area contributed by atoms with Crippen LogP contribution in [0.2, 0.25) is 0 Å². The minimum Gasteiger partial charge on any atom is -0.395 e.